The zero-order valence-corrected chi connectivity index (χ0v) is 13.6. The SMILES string of the molecule is Cc1ncc(CO)c(/C=N/N=c2/sc3ccccc3n2C)c1O. The predicted molar refractivity (Wildman–Crippen MR) is 90.5 cm³/mol. The van der Waals surface area contributed by atoms with Crippen molar-refractivity contribution in [3.63, 3.8) is 0 Å². The normalized spacial score (nSPS) is 12.6. The molecule has 0 saturated heterocycles. The van der Waals surface area contributed by atoms with Gasteiger partial charge in [0, 0.05) is 24.4 Å². The average Bonchev–Trinajstić information content (AvgIpc) is 2.88. The molecule has 0 atom stereocenters. The average molecular weight is 328 g/mol. The van der Waals surface area contributed by atoms with Crippen molar-refractivity contribution in [2.45, 2.75) is 13.5 Å². The van der Waals surface area contributed by atoms with Crippen LogP contribution in [0.5, 0.6) is 5.75 Å². The molecule has 0 unspecified atom stereocenters. The lowest BCUT2D eigenvalue weighted by atomic mass is 10.1. The van der Waals surface area contributed by atoms with Gasteiger partial charge in [-0.15, -0.1) is 5.10 Å². The zero-order chi connectivity index (χ0) is 16.4. The van der Waals surface area contributed by atoms with Gasteiger partial charge < -0.3 is 14.8 Å². The van der Waals surface area contributed by atoms with Gasteiger partial charge in [0.1, 0.15) is 5.75 Å². The van der Waals surface area contributed by atoms with E-state index in [9.17, 15) is 10.2 Å². The molecule has 0 fully saturated rings. The van der Waals surface area contributed by atoms with Crippen LogP contribution in [0.4, 0.5) is 0 Å². The van der Waals surface area contributed by atoms with Crippen LogP contribution < -0.4 is 4.80 Å². The van der Waals surface area contributed by atoms with E-state index in [1.54, 1.807) is 6.92 Å². The van der Waals surface area contributed by atoms with E-state index in [-0.39, 0.29) is 12.4 Å². The Labute approximate surface area is 136 Å². The monoisotopic (exact) mass is 328 g/mol. The summed E-state index contributed by atoms with van der Waals surface area (Å²) in [6.07, 6.45) is 2.97. The first-order valence-corrected chi connectivity index (χ1v) is 7.83. The molecule has 0 aliphatic heterocycles. The van der Waals surface area contributed by atoms with Crippen molar-refractivity contribution in [2.24, 2.45) is 17.3 Å². The van der Waals surface area contributed by atoms with Crippen LogP contribution in [0, 0.1) is 6.92 Å². The van der Waals surface area contributed by atoms with E-state index in [1.165, 1.54) is 23.7 Å². The van der Waals surface area contributed by atoms with Crippen LogP contribution in [0.15, 0.2) is 40.7 Å². The minimum Gasteiger partial charge on any atom is -0.505 e. The lowest BCUT2D eigenvalue weighted by Crippen LogP contribution is -2.09. The number of aryl methyl sites for hydroxylation is 2. The van der Waals surface area contributed by atoms with Gasteiger partial charge in [-0.25, -0.2) is 0 Å². The van der Waals surface area contributed by atoms with Gasteiger partial charge in [0.15, 0.2) is 0 Å². The third-order valence-electron chi connectivity index (χ3n) is 3.57. The van der Waals surface area contributed by atoms with Crippen LogP contribution in [0.2, 0.25) is 0 Å². The molecule has 0 amide bonds. The van der Waals surface area contributed by atoms with Crippen LogP contribution in [-0.4, -0.2) is 26.0 Å². The molecule has 23 heavy (non-hydrogen) atoms. The standard InChI is InChI=1S/C16H16N4O2S/c1-10-15(22)12(11(9-21)7-17-10)8-18-19-16-20(2)13-5-3-4-6-14(13)23-16/h3-8,21-22H,9H2,1-2H3/b18-8+,19-16+. The summed E-state index contributed by atoms with van der Waals surface area (Å²) in [5.41, 5.74) is 2.52. The Morgan fingerprint density at radius 2 is 2.13 bits per heavy atom. The van der Waals surface area contributed by atoms with Gasteiger partial charge in [-0.2, -0.15) is 5.10 Å². The smallest absolute Gasteiger partial charge is 0.211 e. The molecule has 0 saturated carbocycles. The number of aromatic nitrogens is 2. The van der Waals surface area contributed by atoms with E-state index in [0.717, 1.165) is 15.0 Å². The Kier molecular flexibility index (Phi) is 4.22. The van der Waals surface area contributed by atoms with Crippen molar-refractivity contribution in [1.29, 1.82) is 0 Å². The number of aromatic hydroxyl groups is 1. The molecule has 0 spiro atoms. The van der Waals surface area contributed by atoms with Crippen molar-refractivity contribution in [2.75, 3.05) is 0 Å². The number of aliphatic hydroxyl groups is 1. The summed E-state index contributed by atoms with van der Waals surface area (Å²) in [5.74, 6) is 0.0104. The zero-order valence-electron chi connectivity index (χ0n) is 12.8. The van der Waals surface area contributed by atoms with Gasteiger partial charge in [-0.1, -0.05) is 23.5 Å². The van der Waals surface area contributed by atoms with Crippen LogP contribution in [0.3, 0.4) is 0 Å². The number of para-hydroxylation sites is 1. The number of benzene rings is 1. The number of hydrogen-bond donors (Lipinski definition) is 2. The van der Waals surface area contributed by atoms with Crippen LogP contribution in [0.1, 0.15) is 16.8 Å². The molecule has 7 heteroatoms. The second-order valence-electron chi connectivity index (χ2n) is 5.05. The summed E-state index contributed by atoms with van der Waals surface area (Å²) in [6, 6.07) is 8.02. The third kappa shape index (κ3) is 2.88. The molecule has 0 radical (unpaired) electrons. The molecule has 1 aromatic carbocycles. The highest BCUT2D eigenvalue weighted by molar-refractivity contribution is 7.16. The predicted octanol–water partition coefficient (Wildman–Crippen LogP) is 2.08. The molecular weight excluding hydrogens is 312 g/mol. The molecule has 0 aliphatic rings. The maximum Gasteiger partial charge on any atom is 0.211 e. The Morgan fingerprint density at radius 3 is 2.87 bits per heavy atom. The summed E-state index contributed by atoms with van der Waals surface area (Å²) >= 11 is 1.53. The van der Waals surface area contributed by atoms with E-state index in [1.807, 2.05) is 35.9 Å². The van der Waals surface area contributed by atoms with E-state index in [4.69, 9.17) is 0 Å². The number of fused-ring (bicyclic) bond motifs is 1. The first-order valence-electron chi connectivity index (χ1n) is 7.01. The summed E-state index contributed by atoms with van der Waals surface area (Å²) < 4.78 is 3.09. The molecule has 3 aromatic rings. The Balaban J connectivity index is 2.03. The van der Waals surface area contributed by atoms with E-state index in [0.29, 0.717) is 16.8 Å². The maximum atomic E-state index is 10.1. The first-order chi connectivity index (χ1) is 11.1. The first kappa shape index (κ1) is 15.4. The number of thiazole rings is 1. The Morgan fingerprint density at radius 1 is 1.35 bits per heavy atom. The lowest BCUT2D eigenvalue weighted by molar-refractivity contribution is 0.280. The topological polar surface area (TPSA) is 83.0 Å². The summed E-state index contributed by atoms with van der Waals surface area (Å²) in [5, 5.41) is 27.7. The Bertz CT molecular complexity index is 956. The number of aliphatic hydroxyl groups excluding tert-OH is 1. The number of pyridine rings is 1. The fraction of sp³-hybridized carbons (Fsp3) is 0.188. The molecule has 2 N–H and O–H groups in total. The largest absolute Gasteiger partial charge is 0.505 e. The summed E-state index contributed by atoms with van der Waals surface area (Å²) in [6.45, 7) is 1.47. The maximum absolute atomic E-state index is 10.1. The fourth-order valence-corrected chi connectivity index (χ4v) is 3.21. The van der Waals surface area contributed by atoms with E-state index in [2.05, 4.69) is 15.2 Å². The van der Waals surface area contributed by atoms with Gasteiger partial charge in [0.05, 0.1) is 28.7 Å². The number of nitrogens with zero attached hydrogens (tertiary/aromatic N) is 4. The second kappa shape index (κ2) is 6.31. The second-order valence-corrected chi connectivity index (χ2v) is 6.05. The van der Waals surface area contributed by atoms with Gasteiger partial charge in [0.2, 0.25) is 4.80 Å². The molecule has 0 bridgehead atoms. The number of rotatable bonds is 3. The third-order valence-corrected chi connectivity index (χ3v) is 4.68. The van der Waals surface area contributed by atoms with Crippen molar-refractivity contribution in [3.8, 4) is 5.75 Å². The van der Waals surface area contributed by atoms with E-state index >= 15 is 0 Å². The van der Waals surface area contributed by atoms with Gasteiger partial charge in [0.25, 0.3) is 0 Å². The quantitative estimate of drug-likeness (QED) is 0.570. The lowest BCUT2D eigenvalue weighted by Gasteiger charge is -2.06. The fourth-order valence-electron chi connectivity index (χ4n) is 2.24. The van der Waals surface area contributed by atoms with Crippen LogP contribution in [0.25, 0.3) is 10.2 Å². The molecular formula is C16H16N4O2S. The highest BCUT2D eigenvalue weighted by Crippen LogP contribution is 2.22. The summed E-state index contributed by atoms with van der Waals surface area (Å²) in [7, 11) is 1.93. The molecule has 3 rings (SSSR count). The summed E-state index contributed by atoms with van der Waals surface area (Å²) in [4.78, 5) is 4.76. The van der Waals surface area contributed by atoms with E-state index < -0.39 is 0 Å². The Hall–Kier alpha value is -2.51. The van der Waals surface area contributed by atoms with Gasteiger partial charge in [-0.05, 0) is 19.1 Å². The molecule has 6 nitrogen and oxygen atoms in total. The highest BCUT2D eigenvalue weighted by Gasteiger charge is 2.09. The van der Waals surface area contributed by atoms with Crippen molar-refractivity contribution in [3.05, 3.63) is 52.1 Å². The van der Waals surface area contributed by atoms with Crippen LogP contribution in [-0.2, 0) is 13.7 Å². The van der Waals surface area contributed by atoms with Crippen LogP contribution >= 0.6 is 11.3 Å². The number of hydrogen-bond acceptors (Lipinski definition) is 6. The van der Waals surface area contributed by atoms with Gasteiger partial charge >= 0.3 is 0 Å². The highest BCUT2D eigenvalue weighted by atomic mass is 32.1. The minimum absolute atomic E-state index is 0.0104. The van der Waals surface area contributed by atoms with Crippen molar-refractivity contribution >= 4 is 27.8 Å². The van der Waals surface area contributed by atoms with Gasteiger partial charge in [-0.3, -0.25) is 4.98 Å². The van der Waals surface area contributed by atoms with Crippen molar-refractivity contribution < 1.29 is 10.2 Å². The molecule has 118 valence electrons. The molecule has 2 aromatic heterocycles. The molecule has 2 heterocycles. The van der Waals surface area contributed by atoms with Crippen molar-refractivity contribution in [1.82, 2.24) is 9.55 Å². The minimum atomic E-state index is -0.223. The molecule has 0 aliphatic carbocycles.